The number of carbonyl (C=O) groups excluding carboxylic acids is 2. The highest BCUT2D eigenvalue weighted by atomic mass is 16.5. The van der Waals surface area contributed by atoms with Crippen LogP contribution in [-0.2, 0) is 19.1 Å². The third-order valence-corrected chi connectivity index (χ3v) is 2.42. The monoisotopic (exact) mass is 226 g/mol. The molecule has 0 rings (SSSR count). The molecule has 16 heavy (non-hydrogen) atoms. The molecule has 0 N–H and O–H groups in total. The molecule has 0 aliphatic carbocycles. The van der Waals surface area contributed by atoms with E-state index < -0.39 is 0 Å². The van der Waals surface area contributed by atoms with Gasteiger partial charge in [-0.05, 0) is 11.8 Å². The number of hydrogen-bond donors (Lipinski definition) is 0. The Morgan fingerprint density at radius 3 is 1.50 bits per heavy atom. The van der Waals surface area contributed by atoms with Gasteiger partial charge in [-0.1, -0.05) is 12.2 Å². The standard InChI is InChI=1S/C12H18O4/c1-5-9(7-11(13)15-3)10(6-2)8-12(14)16-4/h5-6,9-10H,1-2,7-8H2,3-4H3/t9-,10-/m1/s1. The van der Waals surface area contributed by atoms with E-state index in [1.807, 2.05) is 0 Å². The summed E-state index contributed by atoms with van der Waals surface area (Å²) in [6.45, 7) is 7.29. The molecule has 0 saturated carbocycles. The summed E-state index contributed by atoms with van der Waals surface area (Å²) in [6.07, 6.45) is 3.64. The number of ether oxygens (including phenoxy) is 2. The lowest BCUT2D eigenvalue weighted by Crippen LogP contribution is -2.19. The highest BCUT2D eigenvalue weighted by Crippen LogP contribution is 2.22. The average molecular weight is 226 g/mol. The molecule has 0 unspecified atom stereocenters. The molecule has 4 heteroatoms. The molecule has 0 radical (unpaired) electrons. The van der Waals surface area contributed by atoms with Gasteiger partial charge >= 0.3 is 11.9 Å². The van der Waals surface area contributed by atoms with E-state index in [0.717, 1.165) is 0 Å². The van der Waals surface area contributed by atoms with Crippen molar-refractivity contribution in [2.24, 2.45) is 11.8 Å². The van der Waals surface area contributed by atoms with Crippen LogP contribution in [0.25, 0.3) is 0 Å². The fourth-order valence-electron chi connectivity index (χ4n) is 1.37. The van der Waals surface area contributed by atoms with Crippen molar-refractivity contribution in [2.75, 3.05) is 14.2 Å². The highest BCUT2D eigenvalue weighted by molar-refractivity contribution is 5.71. The van der Waals surface area contributed by atoms with E-state index in [1.165, 1.54) is 14.2 Å². The molecule has 0 saturated heterocycles. The predicted molar refractivity (Wildman–Crippen MR) is 60.6 cm³/mol. The van der Waals surface area contributed by atoms with Crippen LogP contribution in [0.15, 0.2) is 25.3 Å². The van der Waals surface area contributed by atoms with Crippen molar-refractivity contribution in [3.05, 3.63) is 25.3 Å². The van der Waals surface area contributed by atoms with Crippen LogP contribution >= 0.6 is 0 Å². The normalized spacial score (nSPS) is 13.4. The maximum atomic E-state index is 11.1. The van der Waals surface area contributed by atoms with Crippen LogP contribution in [0.2, 0.25) is 0 Å². The Kier molecular flexibility index (Phi) is 6.92. The van der Waals surface area contributed by atoms with Crippen LogP contribution in [0.5, 0.6) is 0 Å². The van der Waals surface area contributed by atoms with Crippen LogP contribution in [0.3, 0.4) is 0 Å². The molecule has 0 bridgehead atoms. The van der Waals surface area contributed by atoms with E-state index in [0.29, 0.717) is 0 Å². The smallest absolute Gasteiger partial charge is 0.306 e. The van der Waals surface area contributed by atoms with Gasteiger partial charge in [-0.3, -0.25) is 9.59 Å². The summed E-state index contributed by atoms with van der Waals surface area (Å²) in [7, 11) is 2.65. The van der Waals surface area contributed by atoms with Crippen molar-refractivity contribution in [3.8, 4) is 0 Å². The Morgan fingerprint density at radius 1 is 1.00 bits per heavy atom. The van der Waals surface area contributed by atoms with Crippen molar-refractivity contribution < 1.29 is 19.1 Å². The predicted octanol–water partition coefficient (Wildman–Crippen LogP) is 1.72. The van der Waals surface area contributed by atoms with Crippen molar-refractivity contribution in [3.63, 3.8) is 0 Å². The van der Waals surface area contributed by atoms with Crippen molar-refractivity contribution in [1.29, 1.82) is 0 Å². The van der Waals surface area contributed by atoms with Crippen LogP contribution < -0.4 is 0 Å². The second kappa shape index (κ2) is 7.68. The molecule has 0 amide bonds. The topological polar surface area (TPSA) is 52.6 Å². The summed E-state index contributed by atoms with van der Waals surface area (Å²) in [4.78, 5) is 22.3. The van der Waals surface area contributed by atoms with E-state index in [9.17, 15) is 9.59 Å². The molecule has 0 aromatic heterocycles. The molecule has 4 nitrogen and oxygen atoms in total. The second-order valence-corrected chi connectivity index (χ2v) is 3.36. The van der Waals surface area contributed by atoms with Gasteiger partial charge in [0.05, 0.1) is 27.1 Å². The number of hydrogen-bond acceptors (Lipinski definition) is 4. The van der Waals surface area contributed by atoms with E-state index in [2.05, 4.69) is 22.6 Å². The zero-order chi connectivity index (χ0) is 12.6. The molecule has 0 aromatic rings. The first kappa shape index (κ1) is 14.4. The summed E-state index contributed by atoms with van der Waals surface area (Å²) in [5, 5.41) is 0. The third-order valence-electron chi connectivity index (χ3n) is 2.42. The van der Waals surface area contributed by atoms with Crippen molar-refractivity contribution in [2.45, 2.75) is 12.8 Å². The molecule has 0 aliphatic rings. The first-order valence-corrected chi connectivity index (χ1v) is 4.97. The summed E-state index contributed by atoms with van der Waals surface area (Å²) < 4.78 is 9.14. The van der Waals surface area contributed by atoms with Crippen molar-refractivity contribution in [1.82, 2.24) is 0 Å². The van der Waals surface area contributed by atoms with Gasteiger partial charge in [0.15, 0.2) is 0 Å². The van der Waals surface area contributed by atoms with Crippen molar-refractivity contribution >= 4 is 11.9 Å². The largest absolute Gasteiger partial charge is 0.469 e. The SMILES string of the molecule is C=C[C@H](CC(=O)OC)[C@H](C=C)CC(=O)OC. The van der Waals surface area contributed by atoms with E-state index in [-0.39, 0.29) is 36.6 Å². The van der Waals surface area contributed by atoms with Gasteiger partial charge in [-0.2, -0.15) is 0 Å². The minimum atomic E-state index is -0.332. The lowest BCUT2D eigenvalue weighted by atomic mass is 9.87. The van der Waals surface area contributed by atoms with Gasteiger partial charge in [-0.25, -0.2) is 0 Å². The molecule has 90 valence electrons. The lowest BCUT2D eigenvalue weighted by molar-refractivity contribution is -0.144. The Labute approximate surface area is 95.9 Å². The maximum Gasteiger partial charge on any atom is 0.306 e. The molecule has 0 spiro atoms. The summed E-state index contributed by atoms with van der Waals surface area (Å²) in [5.74, 6) is -0.990. The van der Waals surface area contributed by atoms with Crippen LogP contribution in [0.4, 0.5) is 0 Å². The first-order valence-electron chi connectivity index (χ1n) is 4.97. The number of esters is 2. The highest BCUT2D eigenvalue weighted by Gasteiger charge is 2.22. The fourth-order valence-corrected chi connectivity index (χ4v) is 1.37. The minimum absolute atomic E-state index is 0.163. The summed E-state index contributed by atoms with van der Waals surface area (Å²) >= 11 is 0. The minimum Gasteiger partial charge on any atom is -0.469 e. The molecule has 0 fully saturated rings. The Morgan fingerprint density at radius 2 is 1.31 bits per heavy atom. The quantitative estimate of drug-likeness (QED) is 0.490. The summed E-state index contributed by atoms with van der Waals surface area (Å²) in [6, 6.07) is 0. The van der Waals surface area contributed by atoms with Gasteiger partial charge < -0.3 is 9.47 Å². The summed E-state index contributed by atoms with van der Waals surface area (Å²) in [5.41, 5.74) is 0. The van der Waals surface area contributed by atoms with Gasteiger partial charge in [-0.15, -0.1) is 13.2 Å². The molecule has 0 heterocycles. The Balaban J connectivity index is 4.49. The van der Waals surface area contributed by atoms with Gasteiger partial charge in [0.25, 0.3) is 0 Å². The second-order valence-electron chi connectivity index (χ2n) is 3.36. The molecular formula is C12H18O4. The maximum absolute atomic E-state index is 11.1. The zero-order valence-electron chi connectivity index (χ0n) is 9.77. The fraction of sp³-hybridized carbons (Fsp3) is 0.500. The number of carbonyl (C=O) groups is 2. The average Bonchev–Trinajstić information content (AvgIpc) is 2.32. The van der Waals surface area contributed by atoms with Crippen LogP contribution in [-0.4, -0.2) is 26.2 Å². The van der Waals surface area contributed by atoms with Gasteiger partial charge in [0.2, 0.25) is 0 Å². The van der Waals surface area contributed by atoms with Gasteiger partial charge in [0.1, 0.15) is 0 Å². The van der Waals surface area contributed by atoms with E-state index >= 15 is 0 Å². The zero-order valence-corrected chi connectivity index (χ0v) is 9.77. The van der Waals surface area contributed by atoms with Gasteiger partial charge in [0, 0.05) is 0 Å². The Hall–Kier alpha value is -1.58. The number of rotatable bonds is 7. The first-order chi connectivity index (χ1) is 7.58. The molecule has 2 atom stereocenters. The molecule has 0 aliphatic heterocycles. The molecular weight excluding hydrogens is 208 g/mol. The lowest BCUT2D eigenvalue weighted by Gasteiger charge is -2.19. The van der Waals surface area contributed by atoms with Crippen LogP contribution in [0.1, 0.15) is 12.8 Å². The number of allylic oxidation sites excluding steroid dienone is 2. The third kappa shape index (κ3) is 4.77. The number of methoxy groups -OCH3 is 2. The van der Waals surface area contributed by atoms with E-state index in [1.54, 1.807) is 12.2 Å². The van der Waals surface area contributed by atoms with E-state index in [4.69, 9.17) is 0 Å². The Bertz CT molecular complexity index is 242. The molecule has 0 aromatic carbocycles. The van der Waals surface area contributed by atoms with Crippen LogP contribution in [0, 0.1) is 11.8 Å².